The molecule has 24 heavy (non-hydrogen) atoms. The highest BCUT2D eigenvalue weighted by atomic mass is 32.1. The molecule has 2 aliphatic heterocycles. The molecule has 0 bridgehead atoms. The summed E-state index contributed by atoms with van der Waals surface area (Å²) in [5.41, 5.74) is 1.22. The van der Waals surface area contributed by atoms with Crippen molar-refractivity contribution >= 4 is 17.2 Å². The SMILES string of the molecule is O=C(CC1OCCc2sccc21)N1CCCCC1Cn1cccn1. The first-order valence-corrected chi connectivity index (χ1v) is 9.64. The van der Waals surface area contributed by atoms with Crippen LogP contribution in [0.4, 0.5) is 0 Å². The second-order valence-corrected chi connectivity index (χ2v) is 7.58. The maximum absolute atomic E-state index is 13.0. The Labute approximate surface area is 146 Å². The van der Waals surface area contributed by atoms with Crippen LogP contribution in [0.15, 0.2) is 29.9 Å². The third kappa shape index (κ3) is 3.26. The van der Waals surface area contributed by atoms with Crippen LogP contribution in [0.1, 0.15) is 42.2 Å². The van der Waals surface area contributed by atoms with Gasteiger partial charge in [0.1, 0.15) is 0 Å². The topological polar surface area (TPSA) is 47.4 Å². The van der Waals surface area contributed by atoms with Crippen LogP contribution < -0.4 is 0 Å². The predicted molar refractivity (Wildman–Crippen MR) is 92.9 cm³/mol. The molecule has 0 spiro atoms. The first-order chi connectivity index (χ1) is 11.8. The molecular weight excluding hydrogens is 322 g/mol. The minimum absolute atomic E-state index is 0.0696. The van der Waals surface area contributed by atoms with Gasteiger partial charge in [-0.05, 0) is 42.3 Å². The van der Waals surface area contributed by atoms with Gasteiger partial charge < -0.3 is 9.64 Å². The fourth-order valence-electron chi connectivity index (χ4n) is 3.81. The molecule has 1 amide bonds. The molecule has 0 aromatic carbocycles. The molecule has 1 saturated heterocycles. The highest BCUT2D eigenvalue weighted by molar-refractivity contribution is 7.10. The number of amides is 1. The number of aromatic nitrogens is 2. The summed E-state index contributed by atoms with van der Waals surface area (Å²) in [5, 5.41) is 6.41. The van der Waals surface area contributed by atoms with Gasteiger partial charge in [0.25, 0.3) is 0 Å². The zero-order chi connectivity index (χ0) is 16.4. The van der Waals surface area contributed by atoms with E-state index in [9.17, 15) is 4.79 Å². The number of hydrogen-bond donors (Lipinski definition) is 0. The lowest BCUT2D eigenvalue weighted by Crippen LogP contribution is -2.46. The lowest BCUT2D eigenvalue weighted by Gasteiger charge is -2.37. The van der Waals surface area contributed by atoms with Crippen LogP contribution in [0.3, 0.4) is 0 Å². The third-order valence-corrected chi connectivity index (χ3v) is 6.04. The molecular formula is C18H23N3O2S. The van der Waals surface area contributed by atoms with Crippen LogP contribution in [-0.4, -0.2) is 39.8 Å². The molecule has 5 nitrogen and oxygen atoms in total. The molecule has 4 heterocycles. The van der Waals surface area contributed by atoms with E-state index in [0.717, 1.165) is 39.0 Å². The van der Waals surface area contributed by atoms with E-state index in [1.54, 1.807) is 17.5 Å². The van der Waals surface area contributed by atoms with Crippen LogP contribution in [-0.2, 0) is 22.5 Å². The lowest BCUT2D eigenvalue weighted by atomic mass is 9.99. The summed E-state index contributed by atoms with van der Waals surface area (Å²) >= 11 is 1.78. The van der Waals surface area contributed by atoms with Crippen LogP contribution >= 0.6 is 11.3 Å². The van der Waals surface area contributed by atoms with Gasteiger partial charge in [0.15, 0.2) is 0 Å². The van der Waals surface area contributed by atoms with Gasteiger partial charge >= 0.3 is 0 Å². The molecule has 0 N–H and O–H groups in total. The quantitative estimate of drug-likeness (QED) is 0.856. The van der Waals surface area contributed by atoms with Crippen molar-refractivity contribution in [3.8, 4) is 0 Å². The van der Waals surface area contributed by atoms with Gasteiger partial charge in [0, 0.05) is 30.2 Å². The normalized spacial score (nSPS) is 23.9. The Balaban J connectivity index is 1.44. The highest BCUT2D eigenvalue weighted by Crippen LogP contribution is 2.34. The molecule has 128 valence electrons. The molecule has 2 aliphatic rings. The Morgan fingerprint density at radius 2 is 2.38 bits per heavy atom. The maximum atomic E-state index is 13.0. The van der Waals surface area contributed by atoms with Crippen molar-refractivity contribution in [3.63, 3.8) is 0 Å². The zero-order valence-corrected chi connectivity index (χ0v) is 14.6. The van der Waals surface area contributed by atoms with Gasteiger partial charge in [-0.25, -0.2) is 0 Å². The molecule has 2 atom stereocenters. The van der Waals surface area contributed by atoms with E-state index >= 15 is 0 Å². The first-order valence-electron chi connectivity index (χ1n) is 8.76. The standard InChI is InChI=1S/C18H23N3O2S/c22-18(12-16-15-6-11-24-17(15)5-10-23-16)21-9-2-1-4-14(21)13-20-8-3-7-19-20/h3,6-8,11,14,16H,1-2,4-5,9-10,12-13H2. The summed E-state index contributed by atoms with van der Waals surface area (Å²) in [6.45, 7) is 2.37. The van der Waals surface area contributed by atoms with Gasteiger partial charge in [0.2, 0.25) is 5.91 Å². The summed E-state index contributed by atoms with van der Waals surface area (Å²) in [6.07, 6.45) is 8.46. The largest absolute Gasteiger partial charge is 0.373 e. The second kappa shape index (κ2) is 7.07. The van der Waals surface area contributed by atoms with E-state index < -0.39 is 0 Å². The fourth-order valence-corrected chi connectivity index (χ4v) is 4.73. The van der Waals surface area contributed by atoms with Gasteiger partial charge in [-0.15, -0.1) is 11.3 Å². The molecule has 4 rings (SSSR count). The van der Waals surface area contributed by atoms with Crippen LogP contribution in [0.5, 0.6) is 0 Å². The van der Waals surface area contributed by atoms with E-state index in [-0.39, 0.29) is 18.1 Å². The Bertz CT molecular complexity index is 682. The lowest BCUT2D eigenvalue weighted by molar-refractivity contribution is -0.138. The Morgan fingerprint density at radius 1 is 1.42 bits per heavy atom. The summed E-state index contributed by atoms with van der Waals surface area (Å²) in [7, 11) is 0. The third-order valence-electron chi connectivity index (χ3n) is 5.04. The number of thiophene rings is 1. The summed E-state index contributed by atoms with van der Waals surface area (Å²) in [6, 6.07) is 4.30. The number of fused-ring (bicyclic) bond motifs is 1. The molecule has 0 aliphatic carbocycles. The number of ether oxygens (including phenoxy) is 1. The maximum Gasteiger partial charge on any atom is 0.225 e. The smallest absolute Gasteiger partial charge is 0.225 e. The summed E-state index contributed by atoms with van der Waals surface area (Å²) < 4.78 is 7.84. The number of nitrogens with zero attached hydrogens (tertiary/aromatic N) is 3. The van der Waals surface area contributed by atoms with Crippen molar-refractivity contribution in [2.75, 3.05) is 13.2 Å². The van der Waals surface area contributed by atoms with E-state index in [1.807, 2.05) is 16.9 Å². The Hall–Kier alpha value is -1.66. The zero-order valence-electron chi connectivity index (χ0n) is 13.8. The van der Waals surface area contributed by atoms with E-state index in [4.69, 9.17) is 4.74 Å². The average molecular weight is 345 g/mol. The fraction of sp³-hybridized carbons (Fsp3) is 0.556. The number of hydrogen-bond acceptors (Lipinski definition) is 4. The van der Waals surface area contributed by atoms with Gasteiger partial charge in [-0.1, -0.05) is 0 Å². The van der Waals surface area contributed by atoms with Crippen LogP contribution in [0, 0.1) is 0 Å². The van der Waals surface area contributed by atoms with Crippen LogP contribution in [0.25, 0.3) is 0 Å². The number of rotatable bonds is 4. The monoisotopic (exact) mass is 345 g/mol. The van der Waals surface area contributed by atoms with Crippen molar-refractivity contribution in [3.05, 3.63) is 40.3 Å². The predicted octanol–water partition coefficient (Wildman–Crippen LogP) is 3.03. The second-order valence-electron chi connectivity index (χ2n) is 6.58. The minimum atomic E-state index is -0.0696. The van der Waals surface area contributed by atoms with Gasteiger partial charge in [-0.2, -0.15) is 5.10 Å². The molecule has 6 heteroatoms. The van der Waals surface area contributed by atoms with Gasteiger partial charge in [0.05, 0.1) is 31.7 Å². The van der Waals surface area contributed by atoms with Crippen LogP contribution in [0.2, 0.25) is 0 Å². The van der Waals surface area contributed by atoms with E-state index in [1.165, 1.54) is 16.9 Å². The molecule has 1 fully saturated rings. The average Bonchev–Trinajstić information content (AvgIpc) is 3.27. The molecule has 2 aromatic heterocycles. The van der Waals surface area contributed by atoms with Gasteiger partial charge in [-0.3, -0.25) is 9.48 Å². The van der Waals surface area contributed by atoms with E-state index in [2.05, 4.69) is 21.4 Å². The van der Waals surface area contributed by atoms with Crippen molar-refractivity contribution in [1.29, 1.82) is 0 Å². The minimum Gasteiger partial charge on any atom is -0.373 e. The Morgan fingerprint density at radius 3 is 3.25 bits per heavy atom. The molecule has 2 aromatic rings. The van der Waals surface area contributed by atoms with E-state index in [0.29, 0.717) is 6.42 Å². The van der Waals surface area contributed by atoms with Crippen molar-refractivity contribution < 1.29 is 9.53 Å². The summed E-state index contributed by atoms with van der Waals surface area (Å²) in [4.78, 5) is 16.4. The first kappa shape index (κ1) is 15.8. The molecule has 0 saturated carbocycles. The Kier molecular flexibility index (Phi) is 4.67. The summed E-state index contributed by atoms with van der Waals surface area (Å²) in [5.74, 6) is 0.218. The molecule has 0 radical (unpaired) electrons. The number of likely N-dealkylation sites (tertiary alicyclic amines) is 1. The number of carbonyl (C=O) groups is 1. The van der Waals surface area contributed by atoms with Crippen molar-refractivity contribution in [2.45, 2.75) is 50.8 Å². The molecule has 2 unspecified atom stereocenters. The number of piperidine rings is 1. The van der Waals surface area contributed by atoms with Crippen molar-refractivity contribution in [2.24, 2.45) is 0 Å². The highest BCUT2D eigenvalue weighted by Gasteiger charge is 2.31. The van der Waals surface area contributed by atoms with Crippen molar-refractivity contribution in [1.82, 2.24) is 14.7 Å². The number of carbonyl (C=O) groups excluding carboxylic acids is 1.